The summed E-state index contributed by atoms with van der Waals surface area (Å²) in [6.07, 6.45) is 3.02. The molecular weight excluding hydrogens is 504 g/mol. The van der Waals surface area contributed by atoms with Crippen molar-refractivity contribution < 1.29 is 18.3 Å². The molecule has 6 rings (SSSR count). The maximum absolute atomic E-state index is 13.1. The zero-order valence-corrected chi connectivity index (χ0v) is 21.0. The lowest BCUT2D eigenvalue weighted by molar-refractivity contribution is 0.0286. The van der Waals surface area contributed by atoms with Gasteiger partial charge in [-0.3, -0.25) is 9.47 Å². The summed E-state index contributed by atoms with van der Waals surface area (Å²) in [5, 5.41) is 9.57. The highest BCUT2D eigenvalue weighted by Crippen LogP contribution is 2.56. The molecule has 1 spiro atoms. The molecule has 0 radical (unpaired) electrons. The first-order chi connectivity index (χ1) is 17.9. The molecular formula is C25H26ClF2N7O2. The van der Waals surface area contributed by atoms with Gasteiger partial charge in [0.1, 0.15) is 31.3 Å². The van der Waals surface area contributed by atoms with E-state index in [4.69, 9.17) is 16.3 Å². The third-order valence-electron chi connectivity index (χ3n) is 7.69. The number of nitrogens with zero attached hydrogens (tertiary/aromatic N) is 7. The van der Waals surface area contributed by atoms with Crippen LogP contribution in [-0.4, -0.2) is 68.3 Å². The Kier molecular flexibility index (Phi) is 5.97. The van der Waals surface area contributed by atoms with Crippen LogP contribution >= 0.6 is 11.6 Å². The summed E-state index contributed by atoms with van der Waals surface area (Å²) >= 11 is 6.30. The number of anilines is 1. The van der Waals surface area contributed by atoms with Gasteiger partial charge >= 0.3 is 6.09 Å². The molecule has 2 fully saturated rings. The Labute approximate surface area is 217 Å². The highest BCUT2D eigenvalue weighted by atomic mass is 35.5. The van der Waals surface area contributed by atoms with Gasteiger partial charge in [0.15, 0.2) is 11.9 Å². The fourth-order valence-electron chi connectivity index (χ4n) is 5.81. The van der Waals surface area contributed by atoms with Crippen molar-refractivity contribution in [2.45, 2.75) is 44.4 Å². The smallest absolute Gasteiger partial charge is 0.411 e. The van der Waals surface area contributed by atoms with E-state index >= 15 is 0 Å². The lowest BCUT2D eigenvalue weighted by Crippen LogP contribution is -2.62. The molecule has 1 aromatic carbocycles. The van der Waals surface area contributed by atoms with Gasteiger partial charge in [-0.05, 0) is 49.6 Å². The number of carbonyl (C=O) groups excluding carboxylic acids is 1. The number of aromatic nitrogens is 5. The third-order valence-corrected chi connectivity index (χ3v) is 7.93. The Bertz CT molecular complexity index is 1310. The van der Waals surface area contributed by atoms with E-state index in [1.54, 1.807) is 24.7 Å². The first kappa shape index (κ1) is 24.0. The van der Waals surface area contributed by atoms with Crippen LogP contribution in [0.5, 0.6) is 0 Å². The Morgan fingerprint density at radius 1 is 1.19 bits per heavy atom. The normalized spacial score (nSPS) is 20.2. The van der Waals surface area contributed by atoms with Crippen LogP contribution in [0.15, 0.2) is 36.8 Å². The summed E-state index contributed by atoms with van der Waals surface area (Å²) in [4.78, 5) is 25.0. The summed E-state index contributed by atoms with van der Waals surface area (Å²) < 4.78 is 33.2. The Morgan fingerprint density at radius 3 is 2.65 bits per heavy atom. The molecule has 3 aromatic rings. The Balaban J connectivity index is 1.27. The molecule has 1 saturated heterocycles. The molecule has 1 atom stereocenters. The number of carbonyl (C=O) groups is 1. The van der Waals surface area contributed by atoms with Crippen LogP contribution in [0.4, 0.5) is 19.4 Å². The molecule has 0 bridgehead atoms. The molecule has 1 saturated carbocycles. The van der Waals surface area contributed by atoms with Gasteiger partial charge in [0.05, 0.1) is 18.3 Å². The highest BCUT2D eigenvalue weighted by molar-refractivity contribution is 6.30. The van der Waals surface area contributed by atoms with Crippen molar-refractivity contribution in [2.24, 2.45) is 5.41 Å². The lowest BCUT2D eigenvalue weighted by Gasteiger charge is -2.59. The van der Waals surface area contributed by atoms with Crippen molar-refractivity contribution in [3.05, 3.63) is 59.0 Å². The number of rotatable bonds is 5. The van der Waals surface area contributed by atoms with Crippen molar-refractivity contribution in [1.82, 2.24) is 29.6 Å². The molecule has 12 heteroatoms. The molecule has 4 heterocycles. The summed E-state index contributed by atoms with van der Waals surface area (Å²) in [5.41, 5.74) is 1.84. The summed E-state index contributed by atoms with van der Waals surface area (Å²) in [7, 11) is 0. The van der Waals surface area contributed by atoms with Crippen molar-refractivity contribution in [2.75, 3.05) is 31.3 Å². The quantitative estimate of drug-likeness (QED) is 0.483. The number of benzene rings is 1. The van der Waals surface area contributed by atoms with Gasteiger partial charge < -0.3 is 9.64 Å². The van der Waals surface area contributed by atoms with E-state index < -0.39 is 31.6 Å². The van der Waals surface area contributed by atoms with E-state index in [-0.39, 0.29) is 17.9 Å². The molecule has 1 aliphatic carbocycles. The third kappa shape index (κ3) is 4.09. The van der Waals surface area contributed by atoms with Gasteiger partial charge in [-0.25, -0.2) is 23.5 Å². The largest absolute Gasteiger partial charge is 0.440 e. The van der Waals surface area contributed by atoms with Crippen molar-refractivity contribution in [3.8, 4) is 5.69 Å². The maximum atomic E-state index is 13.1. The molecule has 37 heavy (non-hydrogen) atoms. The van der Waals surface area contributed by atoms with Gasteiger partial charge in [-0.1, -0.05) is 11.6 Å². The second-order valence-corrected chi connectivity index (χ2v) is 10.6. The number of alkyl halides is 2. The van der Waals surface area contributed by atoms with E-state index in [9.17, 15) is 13.6 Å². The van der Waals surface area contributed by atoms with Crippen molar-refractivity contribution in [1.29, 1.82) is 0 Å². The topological polar surface area (TPSA) is 89.3 Å². The minimum absolute atomic E-state index is 0.159. The minimum Gasteiger partial charge on any atom is -0.440 e. The van der Waals surface area contributed by atoms with E-state index in [0.717, 1.165) is 48.8 Å². The summed E-state index contributed by atoms with van der Waals surface area (Å²) in [6.45, 7) is 1.66. The fourth-order valence-corrected chi connectivity index (χ4v) is 6.00. The van der Waals surface area contributed by atoms with Crippen LogP contribution in [-0.2, 0) is 11.3 Å². The van der Waals surface area contributed by atoms with Crippen LogP contribution in [0.25, 0.3) is 5.69 Å². The average molecular weight is 530 g/mol. The zero-order chi connectivity index (χ0) is 25.7. The molecule has 9 nitrogen and oxygen atoms in total. The van der Waals surface area contributed by atoms with Crippen LogP contribution < -0.4 is 4.90 Å². The first-order valence-electron chi connectivity index (χ1n) is 12.3. The molecule has 2 aromatic heterocycles. The Morgan fingerprint density at radius 2 is 1.95 bits per heavy atom. The fraction of sp³-hybridized carbons (Fsp3) is 0.480. The van der Waals surface area contributed by atoms with Gasteiger partial charge in [-0.2, -0.15) is 0 Å². The van der Waals surface area contributed by atoms with E-state index in [2.05, 4.69) is 25.1 Å². The maximum Gasteiger partial charge on any atom is 0.411 e. The predicted molar refractivity (Wildman–Crippen MR) is 131 cm³/mol. The van der Waals surface area contributed by atoms with Gasteiger partial charge in [0.25, 0.3) is 0 Å². The van der Waals surface area contributed by atoms with Gasteiger partial charge in [-0.15, -0.1) is 10.2 Å². The van der Waals surface area contributed by atoms with Crippen LogP contribution in [0, 0.1) is 5.41 Å². The van der Waals surface area contributed by atoms with E-state index in [1.165, 1.54) is 4.90 Å². The molecule has 1 amide bonds. The molecule has 194 valence electrons. The highest BCUT2D eigenvalue weighted by Gasteiger charge is 2.54. The van der Waals surface area contributed by atoms with Crippen molar-refractivity contribution >= 4 is 23.5 Å². The molecule has 2 aliphatic heterocycles. The monoisotopic (exact) mass is 529 g/mol. The first-order valence-corrected chi connectivity index (χ1v) is 12.6. The summed E-state index contributed by atoms with van der Waals surface area (Å²) in [5.74, 6) is 2.57. The number of halogens is 3. The number of amides is 1. The average Bonchev–Trinajstić information content (AvgIpc) is 3.24. The lowest BCUT2D eigenvalue weighted by atomic mass is 9.57. The second-order valence-electron chi connectivity index (χ2n) is 10.2. The Hall–Kier alpha value is -3.34. The van der Waals surface area contributed by atoms with Crippen LogP contribution in [0.1, 0.15) is 48.9 Å². The minimum atomic E-state index is -1.44. The standard InChI is InChI=1S/C25H26ClF2N7O2/c1-15-22-31-32-23(17-7-25(8-17)12-33(13-25)21-4-5-29-14-30-21)35(22)20-3-2-18(26)6-16(20)11-34(15)24(36)37-19(9-27)10-28/h2-6,14-15,17,19H,7-13H2,1H3. The predicted octanol–water partition coefficient (Wildman–Crippen LogP) is 4.42. The van der Waals surface area contributed by atoms with Crippen molar-refractivity contribution in [3.63, 3.8) is 0 Å². The molecule has 1 unspecified atom stereocenters. The molecule has 0 N–H and O–H groups in total. The van der Waals surface area contributed by atoms with E-state index in [0.29, 0.717) is 10.8 Å². The second kappa shape index (κ2) is 9.20. The van der Waals surface area contributed by atoms with Crippen LogP contribution in [0.2, 0.25) is 5.02 Å². The molecule has 3 aliphatic rings. The van der Waals surface area contributed by atoms with Crippen LogP contribution in [0.3, 0.4) is 0 Å². The van der Waals surface area contributed by atoms with E-state index in [1.807, 2.05) is 23.6 Å². The number of ether oxygens (including phenoxy) is 1. The summed E-state index contributed by atoms with van der Waals surface area (Å²) in [6, 6.07) is 6.87. The van der Waals surface area contributed by atoms with Gasteiger partial charge in [0, 0.05) is 35.6 Å². The number of hydrogen-bond donors (Lipinski definition) is 0. The SMILES string of the molecule is CC1c2nnc(C3CC4(C3)CN(c3ccncn3)C4)n2-c2ccc(Cl)cc2CN1C(=O)OC(CF)CF. The number of fused-ring (bicyclic) bond motifs is 3. The number of hydrogen-bond acceptors (Lipinski definition) is 7. The zero-order valence-electron chi connectivity index (χ0n) is 20.2. The van der Waals surface area contributed by atoms with Gasteiger partial charge in [0.2, 0.25) is 0 Å².